The summed E-state index contributed by atoms with van der Waals surface area (Å²) in [6.45, 7) is 5.90. The van der Waals surface area contributed by atoms with Crippen LogP contribution in [0.1, 0.15) is 32.3 Å². The lowest BCUT2D eigenvalue weighted by Gasteiger charge is -2.14. The van der Waals surface area contributed by atoms with Crippen molar-refractivity contribution in [3.63, 3.8) is 0 Å². The molecule has 1 aromatic rings. The highest BCUT2D eigenvalue weighted by molar-refractivity contribution is 6.45. The van der Waals surface area contributed by atoms with Crippen LogP contribution in [0.25, 0.3) is 0 Å². The monoisotopic (exact) mass is 312 g/mol. The number of hydrogen-bond acceptors (Lipinski definition) is 2. The quantitative estimate of drug-likeness (QED) is 0.861. The van der Waals surface area contributed by atoms with E-state index in [0.29, 0.717) is 15.9 Å². The maximum Gasteiger partial charge on any atom is 0.144 e. The van der Waals surface area contributed by atoms with Crippen LogP contribution in [0.5, 0.6) is 0 Å². The number of halogens is 2. The molecule has 2 unspecified atom stereocenters. The van der Waals surface area contributed by atoms with Gasteiger partial charge in [-0.1, -0.05) is 30.1 Å². The number of amidine groups is 1. The fourth-order valence-corrected chi connectivity index (χ4v) is 2.59. The lowest BCUT2D eigenvalue weighted by molar-refractivity contribution is 0.274. The van der Waals surface area contributed by atoms with E-state index in [2.05, 4.69) is 17.2 Å². The third kappa shape index (κ3) is 3.00. The molecule has 0 saturated heterocycles. The first-order valence-corrected chi connectivity index (χ1v) is 7.31. The summed E-state index contributed by atoms with van der Waals surface area (Å²) in [7, 11) is 0. The van der Waals surface area contributed by atoms with Gasteiger partial charge in [-0.3, -0.25) is 4.99 Å². The Morgan fingerprint density at radius 3 is 2.75 bits per heavy atom. The maximum absolute atomic E-state index is 9.16. The summed E-state index contributed by atoms with van der Waals surface area (Å²) in [5.74, 6) is 0.750. The van der Waals surface area contributed by atoms with Gasteiger partial charge in [-0.25, -0.2) is 0 Å². The molecule has 5 heteroatoms. The number of rotatable bonds is 2. The lowest BCUT2D eigenvalue weighted by atomic mass is 9.93. The number of nitrogens with zero attached hydrogens (tertiary/aromatic N) is 1. The summed E-state index contributed by atoms with van der Waals surface area (Å²) in [5, 5.41) is 13.7. The first kappa shape index (κ1) is 15.4. The van der Waals surface area contributed by atoms with E-state index in [1.807, 2.05) is 32.0 Å². The van der Waals surface area contributed by atoms with E-state index in [9.17, 15) is 0 Å². The number of fused-ring (bicyclic) bond motifs is 1. The van der Waals surface area contributed by atoms with Gasteiger partial charge in [0.05, 0.1) is 17.7 Å². The summed E-state index contributed by atoms with van der Waals surface area (Å²) in [5.41, 5.74) is 3.07. The second kappa shape index (κ2) is 6.17. The molecule has 0 aliphatic carbocycles. The molecule has 20 heavy (non-hydrogen) atoms. The molecule has 1 aliphatic rings. The van der Waals surface area contributed by atoms with Gasteiger partial charge in [0.1, 0.15) is 5.84 Å². The van der Waals surface area contributed by atoms with E-state index in [-0.39, 0.29) is 18.6 Å². The van der Waals surface area contributed by atoms with Crippen molar-refractivity contribution < 1.29 is 5.11 Å². The van der Waals surface area contributed by atoms with Crippen LogP contribution < -0.4 is 5.32 Å². The third-order valence-electron chi connectivity index (χ3n) is 3.55. The average Bonchev–Trinajstić information content (AvgIpc) is 2.52. The predicted molar refractivity (Wildman–Crippen MR) is 86.0 cm³/mol. The number of allylic oxidation sites excluding steroid dienone is 1. The van der Waals surface area contributed by atoms with Gasteiger partial charge >= 0.3 is 0 Å². The standard InChI is InChI=1S/C15H18Cl2N2O/c1-8(7-20)18-15-14(17)10(3)9(2)12-6-11(16)4-5-13(12)19-15/h4-6,8-9,20H,7H2,1-3H3,(H,18,19). The molecule has 0 spiro atoms. The molecule has 108 valence electrons. The normalized spacial score (nSPS) is 22.3. The molecule has 0 radical (unpaired) electrons. The molecule has 0 bridgehead atoms. The molecular weight excluding hydrogens is 295 g/mol. The maximum atomic E-state index is 9.16. The zero-order valence-electron chi connectivity index (χ0n) is 11.7. The summed E-state index contributed by atoms with van der Waals surface area (Å²) in [4.78, 5) is 4.43. The summed E-state index contributed by atoms with van der Waals surface area (Å²) in [6, 6.07) is 5.50. The molecule has 2 N–H and O–H groups in total. The molecule has 1 aliphatic heterocycles. The molecular formula is C15H18Cl2N2O. The molecule has 0 amide bonds. The number of aliphatic hydroxyl groups excluding tert-OH is 1. The molecule has 3 nitrogen and oxygen atoms in total. The second-order valence-corrected chi connectivity index (χ2v) is 5.90. The highest BCUT2D eigenvalue weighted by Crippen LogP contribution is 2.37. The second-order valence-electron chi connectivity index (χ2n) is 5.08. The van der Waals surface area contributed by atoms with Crippen molar-refractivity contribution in [1.82, 2.24) is 0 Å². The third-order valence-corrected chi connectivity index (χ3v) is 4.26. The van der Waals surface area contributed by atoms with Crippen LogP contribution in [0.15, 0.2) is 33.8 Å². The first-order chi connectivity index (χ1) is 9.43. The van der Waals surface area contributed by atoms with Crippen LogP contribution in [-0.4, -0.2) is 23.6 Å². The van der Waals surface area contributed by atoms with Crippen molar-refractivity contribution in [2.75, 3.05) is 11.9 Å². The molecule has 1 aromatic carbocycles. The minimum Gasteiger partial charge on any atom is -0.394 e. The van der Waals surface area contributed by atoms with Crippen LogP contribution in [-0.2, 0) is 0 Å². The van der Waals surface area contributed by atoms with E-state index in [0.717, 1.165) is 16.8 Å². The summed E-state index contributed by atoms with van der Waals surface area (Å²) >= 11 is 12.5. The SMILES string of the molecule is CC1=C(Cl)C(=NC(C)CO)Nc2ccc(Cl)cc2C1C. The fourth-order valence-electron chi connectivity index (χ4n) is 2.15. The van der Waals surface area contributed by atoms with Crippen molar-refractivity contribution in [1.29, 1.82) is 0 Å². The summed E-state index contributed by atoms with van der Waals surface area (Å²) in [6.07, 6.45) is 0. The molecule has 0 fully saturated rings. The minimum absolute atomic E-state index is 0.0164. The number of aliphatic hydroxyl groups is 1. The van der Waals surface area contributed by atoms with Crippen molar-refractivity contribution in [3.05, 3.63) is 39.4 Å². The van der Waals surface area contributed by atoms with Crippen LogP contribution >= 0.6 is 23.2 Å². The van der Waals surface area contributed by atoms with Crippen molar-refractivity contribution >= 4 is 34.7 Å². The molecule has 1 heterocycles. The highest BCUT2D eigenvalue weighted by atomic mass is 35.5. The number of benzene rings is 1. The van der Waals surface area contributed by atoms with Crippen LogP contribution in [0.3, 0.4) is 0 Å². The zero-order valence-corrected chi connectivity index (χ0v) is 13.3. The van der Waals surface area contributed by atoms with Crippen molar-refractivity contribution in [2.45, 2.75) is 32.7 Å². The zero-order chi connectivity index (χ0) is 14.9. The number of aliphatic imine (C=N–C) groups is 1. The Morgan fingerprint density at radius 1 is 1.40 bits per heavy atom. The Labute approximate surface area is 129 Å². The number of hydrogen-bond donors (Lipinski definition) is 2. The van der Waals surface area contributed by atoms with Gasteiger partial charge in [0.15, 0.2) is 0 Å². The predicted octanol–water partition coefficient (Wildman–Crippen LogP) is 4.16. The van der Waals surface area contributed by atoms with E-state index in [1.54, 1.807) is 0 Å². The lowest BCUT2D eigenvalue weighted by Crippen LogP contribution is -2.17. The Morgan fingerprint density at radius 2 is 2.10 bits per heavy atom. The van der Waals surface area contributed by atoms with Gasteiger partial charge in [-0.15, -0.1) is 0 Å². The van der Waals surface area contributed by atoms with E-state index < -0.39 is 0 Å². The van der Waals surface area contributed by atoms with Gasteiger partial charge in [0, 0.05) is 16.6 Å². The van der Waals surface area contributed by atoms with Gasteiger partial charge < -0.3 is 10.4 Å². The Balaban J connectivity index is 2.55. The van der Waals surface area contributed by atoms with E-state index >= 15 is 0 Å². The van der Waals surface area contributed by atoms with Crippen LogP contribution in [0.2, 0.25) is 5.02 Å². The number of anilines is 1. The largest absolute Gasteiger partial charge is 0.394 e. The van der Waals surface area contributed by atoms with Gasteiger partial charge in [-0.2, -0.15) is 0 Å². The fraction of sp³-hybridized carbons (Fsp3) is 0.400. The van der Waals surface area contributed by atoms with Crippen molar-refractivity contribution in [2.24, 2.45) is 4.99 Å². The molecule has 0 saturated carbocycles. The highest BCUT2D eigenvalue weighted by Gasteiger charge is 2.23. The number of nitrogens with one attached hydrogen (secondary N) is 1. The molecule has 2 atom stereocenters. The van der Waals surface area contributed by atoms with Gasteiger partial charge in [0.2, 0.25) is 0 Å². The first-order valence-electron chi connectivity index (χ1n) is 6.55. The Bertz CT molecular complexity index is 581. The van der Waals surface area contributed by atoms with Crippen molar-refractivity contribution in [3.8, 4) is 0 Å². The van der Waals surface area contributed by atoms with E-state index in [4.69, 9.17) is 28.3 Å². The average molecular weight is 313 g/mol. The topological polar surface area (TPSA) is 44.6 Å². The minimum atomic E-state index is -0.205. The van der Waals surface area contributed by atoms with E-state index in [1.165, 1.54) is 0 Å². The summed E-state index contributed by atoms with van der Waals surface area (Å²) < 4.78 is 0. The Kier molecular flexibility index (Phi) is 4.74. The van der Waals surface area contributed by atoms with Gasteiger partial charge in [0.25, 0.3) is 0 Å². The van der Waals surface area contributed by atoms with Crippen LogP contribution in [0.4, 0.5) is 5.69 Å². The van der Waals surface area contributed by atoms with Gasteiger partial charge in [-0.05, 0) is 43.2 Å². The molecule has 2 rings (SSSR count). The Hall–Kier alpha value is -1.03. The smallest absolute Gasteiger partial charge is 0.144 e. The van der Waals surface area contributed by atoms with Crippen LogP contribution in [0, 0.1) is 0 Å². The molecule has 0 aromatic heterocycles.